The van der Waals surface area contributed by atoms with E-state index >= 15 is 0 Å². The number of hydrazine groups is 1. The second-order valence-corrected chi connectivity index (χ2v) is 5.44. The highest BCUT2D eigenvalue weighted by atomic mass is 16.2. The van der Waals surface area contributed by atoms with E-state index in [1.807, 2.05) is 13.0 Å². The lowest BCUT2D eigenvalue weighted by Gasteiger charge is -2.38. The summed E-state index contributed by atoms with van der Waals surface area (Å²) in [4.78, 5) is 16.5. The number of carbonyl (C=O) groups is 1. The summed E-state index contributed by atoms with van der Waals surface area (Å²) in [6.07, 6.45) is 5.10. The third-order valence-electron chi connectivity index (χ3n) is 3.81. The smallest absolute Gasteiger partial charge is 0.267 e. The highest BCUT2D eigenvalue weighted by Gasteiger charge is 2.26. The van der Waals surface area contributed by atoms with E-state index in [0.29, 0.717) is 17.6 Å². The number of amides is 1. The van der Waals surface area contributed by atoms with E-state index in [0.717, 1.165) is 25.2 Å². The quantitative estimate of drug-likeness (QED) is 0.886. The van der Waals surface area contributed by atoms with Gasteiger partial charge in [-0.3, -0.25) is 10.2 Å². The molecule has 2 atom stereocenters. The SMILES string of the molecule is CCNc1ccc(C(=O)NN2C(C)CCCC2C)cn1. The zero-order chi connectivity index (χ0) is 14.5. The van der Waals surface area contributed by atoms with Crippen LogP contribution in [0.4, 0.5) is 5.82 Å². The Bertz CT molecular complexity index is 436. The third kappa shape index (κ3) is 3.48. The molecule has 2 unspecified atom stereocenters. The highest BCUT2D eigenvalue weighted by molar-refractivity contribution is 5.93. The predicted octanol–water partition coefficient (Wildman–Crippen LogP) is 2.42. The van der Waals surface area contributed by atoms with Gasteiger partial charge in [-0.15, -0.1) is 0 Å². The van der Waals surface area contributed by atoms with Crippen LogP contribution in [-0.4, -0.2) is 34.5 Å². The zero-order valence-electron chi connectivity index (χ0n) is 12.5. The van der Waals surface area contributed by atoms with Crippen molar-refractivity contribution in [1.82, 2.24) is 15.4 Å². The second kappa shape index (κ2) is 6.70. The minimum Gasteiger partial charge on any atom is -0.370 e. The number of hydrogen-bond acceptors (Lipinski definition) is 4. The lowest BCUT2D eigenvalue weighted by Crippen LogP contribution is -2.54. The molecule has 0 aliphatic carbocycles. The van der Waals surface area contributed by atoms with Crippen molar-refractivity contribution in [3.8, 4) is 0 Å². The number of pyridine rings is 1. The summed E-state index contributed by atoms with van der Waals surface area (Å²) >= 11 is 0. The molecular formula is C15H24N4O. The Morgan fingerprint density at radius 1 is 1.35 bits per heavy atom. The summed E-state index contributed by atoms with van der Waals surface area (Å²) in [5, 5.41) is 5.19. The maximum atomic E-state index is 12.3. The molecule has 0 radical (unpaired) electrons. The number of piperidine rings is 1. The molecule has 2 N–H and O–H groups in total. The molecule has 1 aliphatic heterocycles. The van der Waals surface area contributed by atoms with Gasteiger partial charge in [-0.2, -0.15) is 0 Å². The Morgan fingerprint density at radius 2 is 2.05 bits per heavy atom. The monoisotopic (exact) mass is 276 g/mol. The predicted molar refractivity (Wildman–Crippen MR) is 80.5 cm³/mol. The van der Waals surface area contributed by atoms with Crippen molar-refractivity contribution in [2.45, 2.75) is 52.1 Å². The molecule has 2 rings (SSSR count). The number of hydrogen-bond donors (Lipinski definition) is 2. The molecule has 0 aromatic carbocycles. The van der Waals surface area contributed by atoms with Crippen LogP contribution in [0.5, 0.6) is 0 Å². The number of anilines is 1. The van der Waals surface area contributed by atoms with Crippen molar-refractivity contribution < 1.29 is 4.79 Å². The molecule has 110 valence electrons. The number of nitrogens with one attached hydrogen (secondary N) is 2. The Hall–Kier alpha value is -1.62. The highest BCUT2D eigenvalue weighted by Crippen LogP contribution is 2.20. The topological polar surface area (TPSA) is 57.3 Å². The molecule has 0 spiro atoms. The first-order valence-corrected chi connectivity index (χ1v) is 7.41. The molecule has 5 nitrogen and oxygen atoms in total. The van der Waals surface area contributed by atoms with E-state index in [-0.39, 0.29) is 5.91 Å². The molecule has 0 bridgehead atoms. The van der Waals surface area contributed by atoms with Crippen LogP contribution in [0.1, 0.15) is 50.4 Å². The van der Waals surface area contributed by atoms with Crippen LogP contribution in [0, 0.1) is 0 Å². The van der Waals surface area contributed by atoms with Gasteiger partial charge in [-0.25, -0.2) is 9.99 Å². The van der Waals surface area contributed by atoms with Gasteiger partial charge in [0.2, 0.25) is 0 Å². The van der Waals surface area contributed by atoms with Gasteiger partial charge in [0.25, 0.3) is 5.91 Å². The maximum absolute atomic E-state index is 12.3. The Labute approximate surface area is 120 Å². The van der Waals surface area contributed by atoms with Gasteiger partial charge in [0, 0.05) is 24.8 Å². The third-order valence-corrected chi connectivity index (χ3v) is 3.81. The fourth-order valence-corrected chi connectivity index (χ4v) is 2.64. The van der Waals surface area contributed by atoms with Crippen molar-refractivity contribution in [3.05, 3.63) is 23.9 Å². The minimum absolute atomic E-state index is 0.0823. The van der Waals surface area contributed by atoms with E-state index in [2.05, 4.69) is 34.6 Å². The molecule has 1 aromatic rings. The molecule has 20 heavy (non-hydrogen) atoms. The van der Waals surface area contributed by atoms with Crippen molar-refractivity contribution in [2.75, 3.05) is 11.9 Å². The molecule has 1 saturated heterocycles. The van der Waals surface area contributed by atoms with Gasteiger partial charge >= 0.3 is 0 Å². The molecule has 1 fully saturated rings. The first-order valence-electron chi connectivity index (χ1n) is 7.41. The summed E-state index contributed by atoms with van der Waals surface area (Å²) in [5.41, 5.74) is 3.61. The average molecular weight is 276 g/mol. The maximum Gasteiger partial charge on any atom is 0.267 e. The summed E-state index contributed by atoms with van der Waals surface area (Å²) in [6, 6.07) is 4.41. The Morgan fingerprint density at radius 3 is 2.60 bits per heavy atom. The number of carbonyl (C=O) groups excluding carboxylic acids is 1. The molecular weight excluding hydrogens is 252 g/mol. The largest absolute Gasteiger partial charge is 0.370 e. The lowest BCUT2D eigenvalue weighted by atomic mass is 10.00. The van der Waals surface area contributed by atoms with Gasteiger partial charge in [0.1, 0.15) is 5.82 Å². The van der Waals surface area contributed by atoms with Crippen molar-refractivity contribution in [2.24, 2.45) is 0 Å². The van der Waals surface area contributed by atoms with Gasteiger partial charge < -0.3 is 5.32 Å². The fraction of sp³-hybridized carbons (Fsp3) is 0.600. The molecule has 0 saturated carbocycles. The second-order valence-electron chi connectivity index (χ2n) is 5.44. The van der Waals surface area contributed by atoms with Gasteiger partial charge in [-0.1, -0.05) is 6.42 Å². The number of nitrogens with zero attached hydrogens (tertiary/aromatic N) is 2. The van der Waals surface area contributed by atoms with Crippen LogP contribution in [0.15, 0.2) is 18.3 Å². The standard InChI is InChI=1S/C15H24N4O/c1-4-16-14-9-8-13(10-17-14)15(20)18-19-11(2)6-5-7-12(19)3/h8-12H,4-7H2,1-3H3,(H,16,17)(H,18,20). The lowest BCUT2D eigenvalue weighted by molar-refractivity contribution is 0.0369. The van der Waals surface area contributed by atoms with E-state index in [1.54, 1.807) is 12.3 Å². The first kappa shape index (κ1) is 14.8. The normalized spacial score (nSPS) is 23.4. The first-order chi connectivity index (χ1) is 9.61. The van der Waals surface area contributed by atoms with Crippen molar-refractivity contribution >= 4 is 11.7 Å². The van der Waals surface area contributed by atoms with Crippen molar-refractivity contribution in [3.63, 3.8) is 0 Å². The average Bonchev–Trinajstić information content (AvgIpc) is 2.44. The summed E-state index contributed by atoms with van der Waals surface area (Å²) < 4.78 is 0. The Balaban J connectivity index is 2.00. The van der Waals surface area contributed by atoms with E-state index in [4.69, 9.17) is 0 Å². The van der Waals surface area contributed by atoms with Crippen LogP contribution in [0.2, 0.25) is 0 Å². The van der Waals surface area contributed by atoms with Crippen molar-refractivity contribution in [1.29, 1.82) is 0 Å². The van der Waals surface area contributed by atoms with Crippen LogP contribution in [0.3, 0.4) is 0 Å². The molecule has 1 aromatic heterocycles. The fourth-order valence-electron chi connectivity index (χ4n) is 2.64. The zero-order valence-corrected chi connectivity index (χ0v) is 12.5. The summed E-state index contributed by atoms with van der Waals surface area (Å²) in [7, 11) is 0. The van der Waals surface area contributed by atoms with E-state index in [9.17, 15) is 4.79 Å². The molecule has 1 aliphatic rings. The Kier molecular flexibility index (Phi) is 4.95. The van der Waals surface area contributed by atoms with Crippen LogP contribution >= 0.6 is 0 Å². The van der Waals surface area contributed by atoms with Gasteiger partial charge in [-0.05, 0) is 45.7 Å². The number of rotatable bonds is 4. The van der Waals surface area contributed by atoms with Gasteiger partial charge in [0.15, 0.2) is 0 Å². The van der Waals surface area contributed by atoms with Crippen LogP contribution < -0.4 is 10.7 Å². The summed E-state index contributed by atoms with van der Waals surface area (Å²) in [6.45, 7) is 7.15. The number of aromatic nitrogens is 1. The summed E-state index contributed by atoms with van der Waals surface area (Å²) in [5.74, 6) is 0.713. The minimum atomic E-state index is -0.0823. The molecule has 5 heteroatoms. The van der Waals surface area contributed by atoms with Crippen LogP contribution in [0.25, 0.3) is 0 Å². The van der Waals surface area contributed by atoms with Gasteiger partial charge in [0.05, 0.1) is 5.56 Å². The molecule has 1 amide bonds. The van der Waals surface area contributed by atoms with Crippen LogP contribution in [-0.2, 0) is 0 Å². The van der Waals surface area contributed by atoms with E-state index in [1.165, 1.54) is 6.42 Å². The van der Waals surface area contributed by atoms with E-state index < -0.39 is 0 Å². The molecule has 2 heterocycles.